The van der Waals surface area contributed by atoms with Gasteiger partial charge in [0, 0.05) is 23.6 Å². The fourth-order valence-electron chi connectivity index (χ4n) is 2.64. The van der Waals surface area contributed by atoms with E-state index in [0.29, 0.717) is 10.4 Å². The first-order valence-corrected chi connectivity index (χ1v) is 10.4. The average Bonchev–Trinajstić information content (AvgIpc) is 3.10. The van der Waals surface area contributed by atoms with Gasteiger partial charge in [0.05, 0.1) is 23.3 Å². The van der Waals surface area contributed by atoms with Crippen molar-refractivity contribution in [3.8, 4) is 17.6 Å². The van der Waals surface area contributed by atoms with Crippen molar-refractivity contribution in [3.63, 3.8) is 0 Å². The predicted octanol–water partition coefficient (Wildman–Crippen LogP) is 4.75. The van der Waals surface area contributed by atoms with Crippen LogP contribution in [0.2, 0.25) is 10.0 Å². The molecule has 0 atom stereocenters. The monoisotopic (exact) mass is 526 g/mol. The van der Waals surface area contributed by atoms with Crippen molar-refractivity contribution in [1.82, 2.24) is 15.3 Å². The number of H-pyrrole nitrogens is 1. The number of aliphatic hydroxyl groups excluding tert-OH is 1. The summed E-state index contributed by atoms with van der Waals surface area (Å²) in [5.74, 6) is -0.995. The van der Waals surface area contributed by atoms with Crippen LogP contribution in [0.3, 0.4) is 0 Å². The van der Waals surface area contributed by atoms with Gasteiger partial charge in [0.1, 0.15) is 16.2 Å². The number of benzene rings is 2. The first-order chi connectivity index (χ1) is 14.8. The summed E-state index contributed by atoms with van der Waals surface area (Å²) in [4.78, 5) is 19.3. The molecule has 2 aromatic carbocycles. The van der Waals surface area contributed by atoms with Crippen molar-refractivity contribution >= 4 is 45.0 Å². The van der Waals surface area contributed by atoms with Crippen molar-refractivity contribution in [1.29, 1.82) is 5.26 Å². The van der Waals surface area contributed by atoms with Gasteiger partial charge in [-0.25, -0.2) is 9.37 Å². The van der Waals surface area contributed by atoms with Crippen LogP contribution in [0.1, 0.15) is 27.4 Å². The van der Waals surface area contributed by atoms with E-state index in [1.54, 1.807) is 0 Å². The number of imidazole rings is 1. The number of ether oxygens (including phenoxy) is 1. The molecule has 0 unspecified atom stereocenters. The Bertz CT molecular complexity index is 1180. The molecule has 0 spiro atoms. The van der Waals surface area contributed by atoms with Gasteiger partial charge in [-0.2, -0.15) is 5.26 Å². The summed E-state index contributed by atoms with van der Waals surface area (Å²) in [6.07, 6.45) is 0.259. The molecule has 3 rings (SSSR count). The maximum atomic E-state index is 15.0. The number of hydrogen-bond acceptors (Lipinski definition) is 5. The molecular weight excluding hydrogens is 514 g/mol. The van der Waals surface area contributed by atoms with Crippen molar-refractivity contribution in [2.75, 3.05) is 6.61 Å². The molecule has 0 radical (unpaired) electrons. The highest BCUT2D eigenvalue weighted by Gasteiger charge is 2.19. The number of carbonyl (C=O) groups is 1. The number of carbonyl (C=O) groups excluding carboxylic acids is 1. The van der Waals surface area contributed by atoms with Crippen LogP contribution in [-0.4, -0.2) is 27.6 Å². The minimum absolute atomic E-state index is 0.00903. The number of aromatic amines is 1. The van der Waals surface area contributed by atoms with Crippen molar-refractivity contribution < 1.29 is 19.0 Å². The maximum Gasteiger partial charge on any atom is 0.272 e. The molecule has 0 aliphatic heterocycles. The molecule has 0 bridgehead atoms. The first kappa shape index (κ1) is 23.0. The largest absolute Gasteiger partial charge is 0.453 e. The molecule has 31 heavy (non-hydrogen) atoms. The molecule has 7 nitrogen and oxygen atoms in total. The molecule has 0 aliphatic carbocycles. The Hall–Kier alpha value is -2.64. The lowest BCUT2D eigenvalue weighted by Crippen LogP contribution is -2.24. The lowest BCUT2D eigenvalue weighted by atomic mass is 10.2. The van der Waals surface area contributed by atoms with E-state index in [-0.39, 0.29) is 57.9 Å². The number of nitrogens with one attached hydrogen (secondary N) is 2. The van der Waals surface area contributed by atoms with Crippen molar-refractivity contribution in [2.24, 2.45) is 0 Å². The van der Waals surface area contributed by atoms with E-state index < -0.39 is 11.7 Å². The number of aliphatic hydroxyl groups is 1. The second-order valence-electron chi connectivity index (χ2n) is 6.24. The van der Waals surface area contributed by atoms with Crippen LogP contribution >= 0.6 is 39.1 Å². The summed E-state index contributed by atoms with van der Waals surface area (Å²) in [7, 11) is 0. The average molecular weight is 528 g/mol. The number of nitrogens with zero attached hydrogens (tertiary/aromatic N) is 2. The second kappa shape index (κ2) is 10.1. The number of amides is 1. The summed E-state index contributed by atoms with van der Waals surface area (Å²) < 4.78 is 20.9. The third-order valence-electron chi connectivity index (χ3n) is 4.06. The molecular formula is C20H14BrCl2FN4O3. The maximum absolute atomic E-state index is 15.0. The molecule has 3 aromatic rings. The predicted molar refractivity (Wildman–Crippen MR) is 116 cm³/mol. The summed E-state index contributed by atoms with van der Waals surface area (Å²) in [6, 6.07) is 9.04. The van der Waals surface area contributed by atoms with E-state index in [9.17, 15) is 4.79 Å². The molecule has 3 N–H and O–H groups in total. The van der Waals surface area contributed by atoms with Gasteiger partial charge < -0.3 is 20.1 Å². The fourth-order valence-corrected chi connectivity index (χ4v) is 3.55. The lowest BCUT2D eigenvalue weighted by molar-refractivity contribution is 0.0945. The van der Waals surface area contributed by atoms with Crippen LogP contribution < -0.4 is 10.1 Å². The van der Waals surface area contributed by atoms with E-state index in [1.807, 2.05) is 6.07 Å². The summed E-state index contributed by atoms with van der Waals surface area (Å²) >= 11 is 15.2. The van der Waals surface area contributed by atoms with Gasteiger partial charge in [-0.1, -0.05) is 29.3 Å². The van der Waals surface area contributed by atoms with Crippen LogP contribution in [0, 0.1) is 17.1 Å². The standard InChI is InChI=1S/C20H14BrCl2FN4O3/c21-19-17(27-15(28-19)3-4-29)20(30)26-9-11-1-2-14(23)18(16(11)24)31-13-6-10(8-25)5-12(22)7-13/h1-2,5-7,29H,3-4,9H2,(H,26,30)(H,27,28). The van der Waals surface area contributed by atoms with Gasteiger partial charge >= 0.3 is 0 Å². The highest BCUT2D eigenvalue weighted by Crippen LogP contribution is 2.35. The van der Waals surface area contributed by atoms with Gasteiger partial charge in [-0.3, -0.25) is 4.79 Å². The molecule has 0 saturated heterocycles. The van der Waals surface area contributed by atoms with Crippen molar-refractivity contribution in [3.05, 3.63) is 73.4 Å². The Morgan fingerprint density at radius 3 is 2.84 bits per heavy atom. The van der Waals surface area contributed by atoms with Crippen LogP contribution in [0.25, 0.3) is 0 Å². The Balaban J connectivity index is 1.79. The van der Waals surface area contributed by atoms with Gasteiger partial charge in [0.25, 0.3) is 5.91 Å². The topological polar surface area (TPSA) is 111 Å². The van der Waals surface area contributed by atoms with Gasteiger partial charge in [-0.05, 0) is 40.2 Å². The highest BCUT2D eigenvalue weighted by molar-refractivity contribution is 9.10. The van der Waals surface area contributed by atoms with Crippen LogP contribution in [0.15, 0.2) is 34.9 Å². The van der Waals surface area contributed by atoms with Gasteiger partial charge in [0.2, 0.25) is 0 Å². The molecule has 0 saturated carbocycles. The summed E-state index contributed by atoms with van der Waals surface area (Å²) in [5.41, 5.74) is 0.447. The third kappa shape index (κ3) is 5.54. The normalized spacial score (nSPS) is 10.6. The molecule has 1 heterocycles. The number of aromatic nitrogens is 2. The molecule has 1 amide bonds. The van der Waals surface area contributed by atoms with E-state index in [2.05, 4.69) is 31.2 Å². The van der Waals surface area contributed by atoms with Gasteiger partial charge in [-0.15, -0.1) is 0 Å². The van der Waals surface area contributed by atoms with Gasteiger partial charge in [0.15, 0.2) is 17.3 Å². The van der Waals surface area contributed by atoms with Crippen LogP contribution in [-0.2, 0) is 13.0 Å². The van der Waals surface area contributed by atoms with Crippen LogP contribution in [0.4, 0.5) is 4.39 Å². The second-order valence-corrected chi connectivity index (χ2v) is 7.88. The lowest BCUT2D eigenvalue weighted by Gasteiger charge is -2.13. The quantitative estimate of drug-likeness (QED) is 0.410. The van der Waals surface area contributed by atoms with E-state index in [0.717, 1.165) is 0 Å². The smallest absolute Gasteiger partial charge is 0.272 e. The fraction of sp³-hybridized carbons (Fsp3) is 0.150. The number of halogens is 4. The Morgan fingerprint density at radius 2 is 2.13 bits per heavy atom. The summed E-state index contributed by atoms with van der Waals surface area (Å²) in [6.45, 7) is -0.284. The number of hydrogen-bond donors (Lipinski definition) is 3. The third-order valence-corrected chi connectivity index (χ3v) is 5.15. The van der Waals surface area contributed by atoms with E-state index in [4.69, 9.17) is 38.3 Å². The summed E-state index contributed by atoms with van der Waals surface area (Å²) in [5, 5.41) is 20.9. The van der Waals surface area contributed by atoms with Crippen LogP contribution in [0.5, 0.6) is 11.5 Å². The minimum atomic E-state index is -0.770. The van der Waals surface area contributed by atoms with E-state index in [1.165, 1.54) is 30.3 Å². The zero-order chi connectivity index (χ0) is 22.5. The first-order valence-electron chi connectivity index (χ1n) is 8.81. The zero-order valence-corrected chi connectivity index (χ0v) is 18.8. The highest BCUT2D eigenvalue weighted by atomic mass is 79.9. The van der Waals surface area contributed by atoms with Crippen molar-refractivity contribution in [2.45, 2.75) is 13.0 Å². The molecule has 160 valence electrons. The Morgan fingerprint density at radius 1 is 1.35 bits per heavy atom. The Labute approximate surface area is 194 Å². The number of rotatable bonds is 7. The van der Waals surface area contributed by atoms with E-state index >= 15 is 4.39 Å². The molecule has 1 aromatic heterocycles. The number of nitriles is 1. The minimum Gasteiger partial charge on any atom is -0.453 e. The molecule has 0 aliphatic rings. The molecule has 0 fully saturated rings. The SMILES string of the molecule is N#Cc1cc(Cl)cc(Oc2c(Cl)ccc(CNC(=O)c3nc(CCO)[nH]c3Br)c2F)c1. The molecule has 11 heteroatoms. The Kier molecular flexibility index (Phi) is 7.51. The zero-order valence-electron chi connectivity index (χ0n) is 15.7.